The SMILES string of the molecule is O=C(O)c1cccc(F)c1NC1(CO)CCOCC1. The minimum atomic E-state index is -1.21. The van der Waals surface area contributed by atoms with Gasteiger partial charge in [0.2, 0.25) is 0 Å². The van der Waals surface area contributed by atoms with E-state index in [0.29, 0.717) is 26.1 Å². The lowest BCUT2D eigenvalue weighted by Gasteiger charge is -2.37. The van der Waals surface area contributed by atoms with Crippen LogP contribution < -0.4 is 5.32 Å². The van der Waals surface area contributed by atoms with Crippen molar-refractivity contribution in [3.63, 3.8) is 0 Å². The van der Waals surface area contributed by atoms with Gasteiger partial charge in [-0.05, 0) is 25.0 Å². The number of nitrogens with one attached hydrogen (secondary N) is 1. The van der Waals surface area contributed by atoms with Crippen molar-refractivity contribution in [1.82, 2.24) is 0 Å². The molecule has 1 aromatic rings. The van der Waals surface area contributed by atoms with Gasteiger partial charge in [-0.2, -0.15) is 0 Å². The van der Waals surface area contributed by atoms with Gasteiger partial charge < -0.3 is 20.3 Å². The molecular weight excluding hydrogens is 253 g/mol. The number of anilines is 1. The molecule has 0 aliphatic carbocycles. The molecule has 1 aliphatic heterocycles. The lowest BCUT2D eigenvalue weighted by Crippen LogP contribution is -2.47. The van der Waals surface area contributed by atoms with Crippen LogP contribution in [-0.4, -0.2) is 41.5 Å². The van der Waals surface area contributed by atoms with Crippen molar-refractivity contribution in [3.8, 4) is 0 Å². The number of hydrogen-bond donors (Lipinski definition) is 3. The summed E-state index contributed by atoms with van der Waals surface area (Å²) in [5.74, 6) is -1.85. The summed E-state index contributed by atoms with van der Waals surface area (Å²) < 4.78 is 19.0. The van der Waals surface area contributed by atoms with Crippen LogP contribution in [0.25, 0.3) is 0 Å². The van der Waals surface area contributed by atoms with Crippen molar-refractivity contribution >= 4 is 11.7 Å². The fourth-order valence-electron chi connectivity index (χ4n) is 2.18. The summed E-state index contributed by atoms with van der Waals surface area (Å²) in [6, 6.07) is 3.87. The molecule has 0 spiro atoms. The highest BCUT2D eigenvalue weighted by molar-refractivity contribution is 5.94. The van der Waals surface area contributed by atoms with E-state index in [-0.39, 0.29) is 17.9 Å². The number of aliphatic hydroxyl groups is 1. The molecule has 6 heteroatoms. The minimum Gasteiger partial charge on any atom is -0.478 e. The van der Waals surface area contributed by atoms with Crippen LogP contribution in [0.3, 0.4) is 0 Å². The Morgan fingerprint density at radius 3 is 2.68 bits per heavy atom. The quantitative estimate of drug-likeness (QED) is 0.771. The Bertz CT molecular complexity index is 472. The summed E-state index contributed by atoms with van der Waals surface area (Å²) in [6.07, 6.45) is 0.994. The number of rotatable bonds is 4. The van der Waals surface area contributed by atoms with Crippen molar-refractivity contribution in [2.24, 2.45) is 0 Å². The van der Waals surface area contributed by atoms with Gasteiger partial charge in [-0.3, -0.25) is 0 Å². The first-order valence-electron chi connectivity index (χ1n) is 6.06. The molecule has 1 aromatic carbocycles. The molecule has 0 unspecified atom stereocenters. The first-order valence-corrected chi connectivity index (χ1v) is 6.06. The number of carboxylic acid groups (broad SMARTS) is 1. The summed E-state index contributed by atoms with van der Waals surface area (Å²) in [4.78, 5) is 11.1. The topological polar surface area (TPSA) is 78.8 Å². The third kappa shape index (κ3) is 2.85. The summed E-state index contributed by atoms with van der Waals surface area (Å²) in [5.41, 5.74) is -0.949. The molecule has 1 heterocycles. The van der Waals surface area contributed by atoms with Crippen LogP contribution in [0.2, 0.25) is 0 Å². The Morgan fingerprint density at radius 1 is 1.42 bits per heavy atom. The number of halogens is 1. The standard InChI is InChI=1S/C13H16FNO4/c14-10-3-1-2-9(12(17)18)11(10)15-13(8-16)4-6-19-7-5-13/h1-3,15-16H,4-8H2,(H,17,18). The van der Waals surface area contributed by atoms with E-state index in [1.807, 2.05) is 0 Å². The Balaban J connectivity index is 2.33. The van der Waals surface area contributed by atoms with Crippen LogP contribution in [0.4, 0.5) is 10.1 Å². The third-order valence-electron chi connectivity index (χ3n) is 3.39. The second-order valence-electron chi connectivity index (χ2n) is 4.64. The monoisotopic (exact) mass is 269 g/mol. The molecule has 1 fully saturated rings. The summed E-state index contributed by atoms with van der Waals surface area (Å²) in [5, 5.41) is 21.5. The number of benzene rings is 1. The van der Waals surface area contributed by atoms with Gasteiger partial charge in [0.25, 0.3) is 0 Å². The fraction of sp³-hybridized carbons (Fsp3) is 0.462. The molecule has 19 heavy (non-hydrogen) atoms. The lowest BCUT2D eigenvalue weighted by molar-refractivity contribution is 0.0378. The van der Waals surface area contributed by atoms with E-state index in [1.54, 1.807) is 0 Å². The molecule has 0 aromatic heterocycles. The van der Waals surface area contributed by atoms with Gasteiger partial charge in [-0.15, -0.1) is 0 Å². The van der Waals surface area contributed by atoms with Crippen molar-refractivity contribution in [1.29, 1.82) is 0 Å². The van der Waals surface area contributed by atoms with Crippen molar-refractivity contribution < 1.29 is 24.1 Å². The third-order valence-corrected chi connectivity index (χ3v) is 3.39. The van der Waals surface area contributed by atoms with Crippen LogP contribution in [0, 0.1) is 5.82 Å². The highest BCUT2D eigenvalue weighted by Crippen LogP contribution is 2.29. The first kappa shape index (κ1) is 13.8. The second kappa shape index (κ2) is 5.54. The average molecular weight is 269 g/mol. The van der Waals surface area contributed by atoms with E-state index >= 15 is 0 Å². The summed E-state index contributed by atoms with van der Waals surface area (Å²) >= 11 is 0. The molecule has 0 saturated carbocycles. The number of aliphatic hydroxyl groups excluding tert-OH is 1. The maximum Gasteiger partial charge on any atom is 0.337 e. The summed E-state index contributed by atoms with van der Waals surface area (Å²) in [6.45, 7) is 0.693. The summed E-state index contributed by atoms with van der Waals surface area (Å²) in [7, 11) is 0. The molecule has 104 valence electrons. The molecule has 5 nitrogen and oxygen atoms in total. The lowest BCUT2D eigenvalue weighted by atomic mass is 9.90. The molecule has 0 atom stereocenters. The predicted octanol–water partition coefficient (Wildman–Crippen LogP) is 1.48. The zero-order chi connectivity index (χ0) is 13.9. The van der Waals surface area contributed by atoms with Crippen molar-refractivity contribution in [3.05, 3.63) is 29.6 Å². The maximum atomic E-state index is 13.8. The zero-order valence-electron chi connectivity index (χ0n) is 10.4. The molecule has 0 bridgehead atoms. The van der Waals surface area contributed by atoms with Crippen molar-refractivity contribution in [2.45, 2.75) is 18.4 Å². The van der Waals surface area contributed by atoms with Crippen LogP contribution >= 0.6 is 0 Å². The smallest absolute Gasteiger partial charge is 0.337 e. The molecule has 0 radical (unpaired) electrons. The van der Waals surface area contributed by atoms with E-state index in [4.69, 9.17) is 9.84 Å². The van der Waals surface area contributed by atoms with E-state index < -0.39 is 17.3 Å². The average Bonchev–Trinajstić information content (AvgIpc) is 2.42. The zero-order valence-corrected chi connectivity index (χ0v) is 10.4. The predicted molar refractivity (Wildman–Crippen MR) is 66.9 cm³/mol. The van der Waals surface area contributed by atoms with Crippen LogP contribution in [0.1, 0.15) is 23.2 Å². The Hall–Kier alpha value is -1.66. The Labute approximate surface area is 110 Å². The van der Waals surface area contributed by atoms with Crippen LogP contribution in [-0.2, 0) is 4.74 Å². The van der Waals surface area contributed by atoms with Gasteiger partial charge in [0.15, 0.2) is 0 Å². The van der Waals surface area contributed by atoms with Gasteiger partial charge >= 0.3 is 5.97 Å². The second-order valence-corrected chi connectivity index (χ2v) is 4.64. The van der Waals surface area contributed by atoms with Gasteiger partial charge in [0.05, 0.1) is 23.4 Å². The number of hydrogen-bond acceptors (Lipinski definition) is 4. The van der Waals surface area contributed by atoms with E-state index in [1.165, 1.54) is 18.2 Å². The van der Waals surface area contributed by atoms with Gasteiger partial charge in [0.1, 0.15) is 5.82 Å². The first-order chi connectivity index (χ1) is 9.08. The number of para-hydroxylation sites is 1. The van der Waals surface area contributed by atoms with Gasteiger partial charge in [-0.25, -0.2) is 9.18 Å². The number of aromatic carboxylic acids is 1. The van der Waals surface area contributed by atoms with Crippen LogP contribution in [0.5, 0.6) is 0 Å². The van der Waals surface area contributed by atoms with Crippen molar-refractivity contribution in [2.75, 3.05) is 25.1 Å². The van der Waals surface area contributed by atoms with Gasteiger partial charge in [0, 0.05) is 13.2 Å². The largest absolute Gasteiger partial charge is 0.478 e. The Morgan fingerprint density at radius 2 is 2.11 bits per heavy atom. The molecule has 3 N–H and O–H groups in total. The van der Waals surface area contributed by atoms with E-state index in [2.05, 4.69) is 5.32 Å². The highest BCUT2D eigenvalue weighted by Gasteiger charge is 2.33. The Kier molecular flexibility index (Phi) is 4.01. The van der Waals surface area contributed by atoms with E-state index in [0.717, 1.165) is 0 Å². The minimum absolute atomic E-state index is 0.0778. The van der Waals surface area contributed by atoms with E-state index in [9.17, 15) is 14.3 Å². The number of carboxylic acids is 1. The molecule has 1 aliphatic rings. The molecule has 1 saturated heterocycles. The molecular formula is C13H16FNO4. The molecule has 2 rings (SSSR count). The fourth-order valence-corrected chi connectivity index (χ4v) is 2.18. The molecule has 0 amide bonds. The maximum absolute atomic E-state index is 13.8. The number of carbonyl (C=O) groups is 1. The van der Waals surface area contributed by atoms with Crippen LogP contribution in [0.15, 0.2) is 18.2 Å². The number of ether oxygens (including phenoxy) is 1. The van der Waals surface area contributed by atoms with Gasteiger partial charge in [-0.1, -0.05) is 6.07 Å². The highest BCUT2D eigenvalue weighted by atomic mass is 19.1. The normalized spacial score (nSPS) is 18.0.